The van der Waals surface area contributed by atoms with Crippen molar-refractivity contribution in [2.75, 3.05) is 5.43 Å². The fourth-order valence-electron chi connectivity index (χ4n) is 2.50. The first-order chi connectivity index (χ1) is 9.13. The second kappa shape index (κ2) is 6.36. The molecule has 4 N–H and O–H groups in total. The minimum Gasteiger partial charge on any atom is -0.323 e. The van der Waals surface area contributed by atoms with Gasteiger partial charge in [-0.1, -0.05) is 37.8 Å². The smallest absolute Gasteiger partial charge is 0.242 e. The average Bonchev–Trinajstić information content (AvgIpc) is 2.67. The highest BCUT2D eigenvalue weighted by molar-refractivity contribution is 7.89. The number of para-hydroxylation sites is 1. The molecule has 0 amide bonds. The van der Waals surface area contributed by atoms with Crippen LogP contribution in [0.15, 0.2) is 29.2 Å². The summed E-state index contributed by atoms with van der Waals surface area (Å²) in [6.45, 7) is 0. The van der Waals surface area contributed by atoms with Gasteiger partial charge in [0, 0.05) is 6.04 Å². The maximum absolute atomic E-state index is 12.4. The van der Waals surface area contributed by atoms with E-state index in [1.807, 2.05) is 0 Å². The van der Waals surface area contributed by atoms with Crippen LogP contribution in [0.4, 0.5) is 5.69 Å². The minimum absolute atomic E-state index is 0.0401. The van der Waals surface area contributed by atoms with Gasteiger partial charge in [0.15, 0.2) is 0 Å². The van der Waals surface area contributed by atoms with Crippen LogP contribution >= 0.6 is 0 Å². The van der Waals surface area contributed by atoms with E-state index in [9.17, 15) is 8.42 Å². The number of nitrogens with one attached hydrogen (secondary N) is 2. The van der Waals surface area contributed by atoms with Crippen molar-refractivity contribution in [3.05, 3.63) is 24.3 Å². The van der Waals surface area contributed by atoms with Crippen LogP contribution in [0.5, 0.6) is 0 Å². The number of hydrazine groups is 1. The Morgan fingerprint density at radius 3 is 2.32 bits per heavy atom. The number of nitrogen functional groups attached to an aromatic ring is 1. The highest BCUT2D eigenvalue weighted by Crippen LogP contribution is 2.23. The zero-order valence-corrected chi connectivity index (χ0v) is 11.7. The summed E-state index contributed by atoms with van der Waals surface area (Å²) in [4.78, 5) is 0.210. The van der Waals surface area contributed by atoms with E-state index in [4.69, 9.17) is 5.84 Å². The summed E-state index contributed by atoms with van der Waals surface area (Å²) in [5.74, 6) is 5.36. The quantitative estimate of drug-likeness (QED) is 0.448. The number of benzene rings is 1. The summed E-state index contributed by atoms with van der Waals surface area (Å²) in [6, 6.07) is 6.71. The second-order valence-electron chi connectivity index (χ2n) is 4.95. The molecule has 1 saturated carbocycles. The van der Waals surface area contributed by atoms with Gasteiger partial charge in [0.2, 0.25) is 10.0 Å². The summed E-state index contributed by atoms with van der Waals surface area (Å²) < 4.78 is 27.6. The van der Waals surface area contributed by atoms with Crippen LogP contribution in [0.1, 0.15) is 38.5 Å². The van der Waals surface area contributed by atoms with Gasteiger partial charge in [-0.25, -0.2) is 13.1 Å². The molecule has 0 aromatic heterocycles. The van der Waals surface area contributed by atoms with Crippen LogP contribution in [0.25, 0.3) is 0 Å². The van der Waals surface area contributed by atoms with Crippen LogP contribution in [0.3, 0.4) is 0 Å². The van der Waals surface area contributed by atoms with Crippen molar-refractivity contribution in [2.24, 2.45) is 5.84 Å². The lowest BCUT2D eigenvalue weighted by molar-refractivity contribution is 0.510. The lowest BCUT2D eigenvalue weighted by Crippen LogP contribution is -2.35. The molecule has 6 heteroatoms. The number of nitrogens with two attached hydrogens (primary N) is 1. The van der Waals surface area contributed by atoms with Gasteiger partial charge in [0.25, 0.3) is 0 Å². The summed E-state index contributed by atoms with van der Waals surface area (Å²) >= 11 is 0. The fourth-order valence-corrected chi connectivity index (χ4v) is 3.98. The molecule has 1 aromatic carbocycles. The second-order valence-corrected chi connectivity index (χ2v) is 6.63. The Morgan fingerprint density at radius 1 is 1.05 bits per heavy atom. The molecular weight excluding hydrogens is 262 g/mol. The number of anilines is 1. The third-order valence-corrected chi connectivity index (χ3v) is 5.09. The molecule has 0 spiro atoms. The molecule has 0 atom stereocenters. The van der Waals surface area contributed by atoms with E-state index < -0.39 is 10.0 Å². The molecule has 1 aromatic rings. The van der Waals surface area contributed by atoms with Gasteiger partial charge in [0.05, 0.1) is 5.69 Å². The Balaban J connectivity index is 2.17. The Hall–Kier alpha value is -1.11. The van der Waals surface area contributed by atoms with Crippen LogP contribution in [-0.2, 0) is 10.0 Å². The third-order valence-electron chi connectivity index (χ3n) is 3.51. The highest BCUT2D eigenvalue weighted by Gasteiger charge is 2.23. The Bertz CT molecular complexity index is 508. The van der Waals surface area contributed by atoms with Gasteiger partial charge in [-0.2, -0.15) is 0 Å². The molecule has 0 bridgehead atoms. The van der Waals surface area contributed by atoms with E-state index in [1.54, 1.807) is 24.3 Å². The zero-order valence-electron chi connectivity index (χ0n) is 10.9. The molecule has 0 aliphatic heterocycles. The highest BCUT2D eigenvalue weighted by atomic mass is 32.2. The Morgan fingerprint density at radius 2 is 1.68 bits per heavy atom. The normalized spacial score (nSPS) is 17.9. The largest absolute Gasteiger partial charge is 0.323 e. The molecule has 19 heavy (non-hydrogen) atoms. The Labute approximate surface area is 114 Å². The van der Waals surface area contributed by atoms with Gasteiger partial charge in [-0.15, -0.1) is 0 Å². The number of rotatable bonds is 4. The average molecular weight is 283 g/mol. The van der Waals surface area contributed by atoms with Gasteiger partial charge >= 0.3 is 0 Å². The van der Waals surface area contributed by atoms with Gasteiger partial charge in [-0.3, -0.25) is 5.84 Å². The lowest BCUT2D eigenvalue weighted by atomic mass is 10.1. The standard InChI is InChI=1S/C13H21N3O2S/c14-15-12-9-5-6-10-13(12)19(17,18)16-11-7-3-1-2-4-8-11/h5-6,9-11,15-16H,1-4,7-8,14H2. The molecular formula is C13H21N3O2S. The summed E-state index contributed by atoms with van der Waals surface area (Å²) in [5.41, 5.74) is 2.85. The van der Waals surface area contributed by atoms with E-state index in [0.717, 1.165) is 25.7 Å². The predicted molar refractivity (Wildman–Crippen MR) is 76.1 cm³/mol. The van der Waals surface area contributed by atoms with E-state index in [1.165, 1.54) is 12.8 Å². The molecule has 2 rings (SSSR count). The molecule has 0 unspecified atom stereocenters. The molecule has 106 valence electrons. The number of hydrogen-bond acceptors (Lipinski definition) is 4. The van der Waals surface area contributed by atoms with Gasteiger partial charge < -0.3 is 5.43 Å². The monoisotopic (exact) mass is 283 g/mol. The van der Waals surface area contributed by atoms with Crippen molar-refractivity contribution in [1.29, 1.82) is 0 Å². The molecule has 1 aliphatic carbocycles. The molecule has 0 saturated heterocycles. The van der Waals surface area contributed by atoms with Crippen molar-refractivity contribution in [3.8, 4) is 0 Å². The van der Waals surface area contributed by atoms with Crippen molar-refractivity contribution in [1.82, 2.24) is 4.72 Å². The van der Waals surface area contributed by atoms with Crippen molar-refractivity contribution >= 4 is 15.7 Å². The Kier molecular flexibility index (Phi) is 4.79. The maximum atomic E-state index is 12.4. The van der Waals surface area contributed by atoms with Crippen molar-refractivity contribution in [2.45, 2.75) is 49.5 Å². The van der Waals surface area contributed by atoms with E-state index >= 15 is 0 Å². The summed E-state index contributed by atoms with van der Waals surface area (Å²) in [7, 11) is -3.51. The van der Waals surface area contributed by atoms with E-state index in [0.29, 0.717) is 5.69 Å². The first-order valence-electron chi connectivity index (χ1n) is 6.71. The van der Waals surface area contributed by atoms with Crippen molar-refractivity contribution < 1.29 is 8.42 Å². The summed E-state index contributed by atoms with van der Waals surface area (Å²) in [5, 5.41) is 0. The van der Waals surface area contributed by atoms with Crippen LogP contribution in [0, 0.1) is 0 Å². The minimum atomic E-state index is -3.51. The fraction of sp³-hybridized carbons (Fsp3) is 0.538. The van der Waals surface area contributed by atoms with Gasteiger partial charge in [-0.05, 0) is 25.0 Å². The van der Waals surface area contributed by atoms with E-state index in [-0.39, 0.29) is 10.9 Å². The first kappa shape index (κ1) is 14.3. The van der Waals surface area contributed by atoms with E-state index in [2.05, 4.69) is 10.1 Å². The van der Waals surface area contributed by atoms with Crippen LogP contribution < -0.4 is 16.0 Å². The lowest BCUT2D eigenvalue weighted by Gasteiger charge is -2.17. The summed E-state index contributed by atoms with van der Waals surface area (Å²) in [6.07, 6.45) is 6.39. The third kappa shape index (κ3) is 3.68. The molecule has 1 fully saturated rings. The molecule has 1 aliphatic rings. The number of hydrogen-bond donors (Lipinski definition) is 3. The molecule has 0 radical (unpaired) electrons. The van der Waals surface area contributed by atoms with Crippen molar-refractivity contribution in [3.63, 3.8) is 0 Å². The van der Waals surface area contributed by atoms with Crippen LogP contribution in [-0.4, -0.2) is 14.5 Å². The predicted octanol–water partition coefficient (Wildman–Crippen LogP) is 1.97. The first-order valence-corrected chi connectivity index (χ1v) is 8.20. The maximum Gasteiger partial charge on any atom is 0.242 e. The molecule has 0 heterocycles. The SMILES string of the molecule is NNc1ccccc1S(=O)(=O)NC1CCCCCC1. The zero-order chi connectivity index (χ0) is 13.7. The van der Waals surface area contributed by atoms with Gasteiger partial charge in [0.1, 0.15) is 4.90 Å². The molecule has 5 nitrogen and oxygen atoms in total. The number of sulfonamides is 1. The van der Waals surface area contributed by atoms with Crippen LogP contribution in [0.2, 0.25) is 0 Å². The topological polar surface area (TPSA) is 84.2 Å².